The molecular weight excluding hydrogens is 337 g/mol. The summed E-state index contributed by atoms with van der Waals surface area (Å²) in [5.41, 5.74) is 0. The molecule has 0 bridgehead atoms. The predicted octanol–water partition coefficient (Wildman–Crippen LogP) is 4.49. The zero-order valence-corrected chi connectivity index (χ0v) is 15.5. The first-order chi connectivity index (χ1) is 10.8. The molecule has 0 radical (unpaired) electrons. The van der Waals surface area contributed by atoms with E-state index < -0.39 is 4.84 Å². The highest BCUT2D eigenvalue weighted by Gasteiger charge is 1.85. The van der Waals surface area contributed by atoms with Gasteiger partial charge in [0, 0.05) is 41.5 Å². The zero-order valence-electron chi connectivity index (χ0n) is 14.0. The number of halogens is 2. The van der Waals surface area contributed by atoms with E-state index in [9.17, 15) is 0 Å². The Bertz CT molecular complexity index is 362. The maximum atomic E-state index is 7.63. The van der Waals surface area contributed by atoms with Crippen molar-refractivity contribution in [1.82, 2.24) is 0 Å². The van der Waals surface area contributed by atoms with Gasteiger partial charge in [0.05, 0.1) is 42.5 Å². The fourth-order valence-corrected chi connectivity index (χ4v) is 0. The largest absolute Gasteiger partial charge is 0.199 e. The Morgan fingerprint density at radius 1 is 0.478 bits per heavy atom. The molecule has 0 aliphatic heterocycles. The molecule has 0 saturated heterocycles. The molecule has 0 unspecified atom stereocenters. The second-order valence-corrected chi connectivity index (χ2v) is 2.87. The minimum absolute atomic E-state index is 0.866. The van der Waals surface area contributed by atoms with E-state index in [1.807, 2.05) is 0 Å². The van der Waals surface area contributed by atoms with Crippen LogP contribution in [0, 0.1) is 79.3 Å². The average Bonchev–Trinajstić information content (AvgIpc) is 2.44. The van der Waals surface area contributed by atoms with Gasteiger partial charge >= 0.3 is 0 Å². The minimum atomic E-state index is -0.866. The molecule has 0 rings (SSSR count). The SMILES string of the molecule is CC#N.CC#N.CC#N.CC#N.CC#N.CC#N.N#CC(Cl)Cl. The molecule has 0 aromatic rings. The van der Waals surface area contributed by atoms with Crippen molar-refractivity contribution in [2.75, 3.05) is 0 Å². The highest BCUT2D eigenvalue weighted by atomic mass is 35.5. The van der Waals surface area contributed by atoms with Gasteiger partial charge in [-0.15, -0.1) is 0 Å². The van der Waals surface area contributed by atoms with Crippen LogP contribution >= 0.6 is 23.2 Å². The fourth-order valence-electron chi connectivity index (χ4n) is 0. The van der Waals surface area contributed by atoms with Crippen molar-refractivity contribution in [3.05, 3.63) is 0 Å². The van der Waals surface area contributed by atoms with Crippen LogP contribution in [0.25, 0.3) is 0 Å². The first kappa shape index (κ1) is 42.7. The van der Waals surface area contributed by atoms with Crippen molar-refractivity contribution in [2.24, 2.45) is 0 Å². The third kappa shape index (κ3) is 5610. The van der Waals surface area contributed by atoms with Gasteiger partial charge in [-0.1, -0.05) is 23.2 Å². The molecule has 0 amide bonds. The van der Waals surface area contributed by atoms with Crippen LogP contribution in [0.15, 0.2) is 0 Å². The van der Waals surface area contributed by atoms with Crippen LogP contribution in [-0.4, -0.2) is 4.84 Å². The van der Waals surface area contributed by atoms with E-state index in [0.717, 1.165) is 0 Å². The third-order valence-corrected chi connectivity index (χ3v) is 0.293. The van der Waals surface area contributed by atoms with Crippen molar-refractivity contribution >= 4 is 23.2 Å². The van der Waals surface area contributed by atoms with E-state index in [-0.39, 0.29) is 0 Å². The quantitative estimate of drug-likeness (QED) is 0.576. The summed E-state index contributed by atoms with van der Waals surface area (Å²) in [6.45, 7) is 8.58. The van der Waals surface area contributed by atoms with E-state index in [2.05, 4.69) is 0 Å². The zero-order chi connectivity index (χ0) is 20.5. The molecule has 23 heavy (non-hydrogen) atoms. The molecule has 9 heteroatoms. The fraction of sp³-hybridized carbons (Fsp3) is 0.500. The van der Waals surface area contributed by atoms with Crippen LogP contribution < -0.4 is 0 Å². The lowest BCUT2D eigenvalue weighted by atomic mass is 10.9. The number of nitriles is 7. The van der Waals surface area contributed by atoms with E-state index >= 15 is 0 Å². The van der Waals surface area contributed by atoms with E-state index in [0.29, 0.717) is 0 Å². The summed E-state index contributed by atoms with van der Waals surface area (Å²) >= 11 is 9.73. The van der Waals surface area contributed by atoms with Crippen LogP contribution in [0.5, 0.6) is 0 Å². The maximum absolute atomic E-state index is 7.63. The standard InChI is InChI=1S/C2HCl2N.6C2H3N/c3-2(4)1-5;6*1-2-3/h2H;6*1H3. The summed E-state index contributed by atoms with van der Waals surface area (Å²) in [6.07, 6.45) is 0. The monoisotopic (exact) mass is 355 g/mol. The second kappa shape index (κ2) is 125. The topological polar surface area (TPSA) is 167 Å². The summed E-state index contributed by atoms with van der Waals surface area (Å²) in [4.78, 5) is -0.866. The number of alkyl halides is 2. The van der Waals surface area contributed by atoms with Gasteiger partial charge < -0.3 is 0 Å². The molecule has 0 atom stereocenters. The average molecular weight is 356 g/mol. The molecule has 0 fully saturated rings. The van der Waals surface area contributed by atoms with Crippen molar-refractivity contribution in [2.45, 2.75) is 46.4 Å². The van der Waals surface area contributed by atoms with Gasteiger partial charge in [0.25, 0.3) is 0 Å². The van der Waals surface area contributed by atoms with Crippen molar-refractivity contribution < 1.29 is 0 Å². The molecule has 124 valence electrons. The first-order valence-electron chi connectivity index (χ1n) is 5.29. The van der Waals surface area contributed by atoms with Crippen molar-refractivity contribution in [3.8, 4) is 42.5 Å². The molecule has 0 aliphatic carbocycles. The van der Waals surface area contributed by atoms with Gasteiger partial charge in [0.2, 0.25) is 0 Å². The number of hydrogen-bond acceptors (Lipinski definition) is 7. The summed E-state index contributed by atoms with van der Waals surface area (Å²) in [5.74, 6) is 0. The van der Waals surface area contributed by atoms with E-state index in [1.165, 1.54) is 41.5 Å². The Morgan fingerprint density at radius 2 is 0.522 bits per heavy atom. The van der Waals surface area contributed by atoms with Gasteiger partial charge in [0.1, 0.15) is 0 Å². The molecule has 0 N–H and O–H groups in total. The van der Waals surface area contributed by atoms with Gasteiger partial charge in [-0.2, -0.15) is 36.8 Å². The Balaban J connectivity index is -0.0000000263. The van der Waals surface area contributed by atoms with Gasteiger partial charge in [-0.05, 0) is 0 Å². The molecule has 0 aliphatic rings. The lowest BCUT2D eigenvalue weighted by molar-refractivity contribution is 1.45. The first-order valence-corrected chi connectivity index (χ1v) is 6.16. The second-order valence-electron chi connectivity index (χ2n) is 1.77. The summed E-state index contributed by atoms with van der Waals surface area (Å²) in [6, 6.07) is 12.1. The normalized spacial score (nSPS) is 3.74. The molecule has 0 heterocycles. The Labute approximate surface area is 149 Å². The smallest absolute Gasteiger partial charge is 0.193 e. The van der Waals surface area contributed by atoms with Gasteiger partial charge in [-0.25, -0.2) is 0 Å². The van der Waals surface area contributed by atoms with Gasteiger partial charge in [-0.3, -0.25) is 0 Å². The van der Waals surface area contributed by atoms with Gasteiger partial charge in [0.15, 0.2) is 4.84 Å². The molecule has 0 aromatic heterocycles. The molecule has 0 aromatic carbocycles. The van der Waals surface area contributed by atoms with Crippen LogP contribution in [-0.2, 0) is 0 Å². The van der Waals surface area contributed by atoms with Crippen LogP contribution in [0.2, 0.25) is 0 Å². The summed E-state index contributed by atoms with van der Waals surface area (Å²) < 4.78 is 0. The molecular formula is C14H19Cl2N7. The molecule has 0 spiro atoms. The summed E-state index contributed by atoms with van der Waals surface area (Å²) in [5, 5.41) is 51.5. The van der Waals surface area contributed by atoms with Crippen molar-refractivity contribution in [3.63, 3.8) is 0 Å². The predicted molar refractivity (Wildman–Crippen MR) is 88.8 cm³/mol. The Morgan fingerprint density at radius 3 is 0.522 bits per heavy atom. The van der Waals surface area contributed by atoms with E-state index in [1.54, 1.807) is 42.5 Å². The highest BCUT2D eigenvalue weighted by Crippen LogP contribution is 1.95. The number of nitrogens with zero attached hydrogens (tertiary/aromatic N) is 7. The molecule has 0 saturated carbocycles. The van der Waals surface area contributed by atoms with Crippen LogP contribution in [0.3, 0.4) is 0 Å². The van der Waals surface area contributed by atoms with Crippen molar-refractivity contribution in [1.29, 1.82) is 36.8 Å². The minimum Gasteiger partial charge on any atom is -0.199 e. The lowest BCUT2D eigenvalue weighted by Crippen LogP contribution is -1.70. The van der Waals surface area contributed by atoms with E-state index in [4.69, 9.17) is 60.0 Å². The number of rotatable bonds is 0. The Hall–Kier alpha value is -2.99. The van der Waals surface area contributed by atoms with Crippen LogP contribution in [0.1, 0.15) is 41.5 Å². The Kier molecular flexibility index (Phi) is 233. The highest BCUT2D eigenvalue weighted by molar-refractivity contribution is 6.46. The summed E-state index contributed by atoms with van der Waals surface area (Å²) in [7, 11) is 0. The third-order valence-electron chi connectivity index (χ3n) is 0.0976. The maximum Gasteiger partial charge on any atom is 0.193 e. The molecule has 7 nitrogen and oxygen atoms in total. The van der Waals surface area contributed by atoms with Crippen LogP contribution in [0.4, 0.5) is 0 Å². The lowest BCUT2D eigenvalue weighted by Gasteiger charge is -1.69. The number of hydrogen-bond donors (Lipinski definition) is 0.